The third-order valence-electron chi connectivity index (χ3n) is 3.43. The summed E-state index contributed by atoms with van der Waals surface area (Å²) in [6.07, 6.45) is 5.29. The van der Waals surface area contributed by atoms with Crippen LogP contribution >= 0.6 is 11.6 Å². The van der Waals surface area contributed by atoms with Crippen molar-refractivity contribution < 1.29 is 0 Å². The lowest BCUT2D eigenvalue weighted by atomic mass is 9.78. The molecule has 3 rings (SSSR count). The quantitative estimate of drug-likeness (QED) is 0.847. The molecule has 0 amide bonds. The Morgan fingerprint density at radius 3 is 2.82 bits per heavy atom. The summed E-state index contributed by atoms with van der Waals surface area (Å²) in [4.78, 5) is 8.85. The number of fused-ring (bicyclic) bond motifs is 1. The Hall–Kier alpha value is -1.35. The Bertz CT molecular complexity index is 531. The van der Waals surface area contributed by atoms with E-state index in [-0.39, 0.29) is 5.54 Å². The molecular weight excluding hydrogens is 234 g/mol. The van der Waals surface area contributed by atoms with E-state index in [0.717, 1.165) is 23.7 Å². The minimum atomic E-state index is 0.0179. The highest BCUT2D eigenvalue weighted by Crippen LogP contribution is 2.35. The van der Waals surface area contributed by atoms with Gasteiger partial charge in [0.2, 0.25) is 5.95 Å². The lowest BCUT2D eigenvalue weighted by Gasteiger charge is -2.40. The Kier molecular flexibility index (Phi) is 2.63. The van der Waals surface area contributed by atoms with Crippen molar-refractivity contribution in [2.75, 3.05) is 11.2 Å². The summed E-state index contributed by atoms with van der Waals surface area (Å²) in [6.45, 7) is 0. The second kappa shape index (κ2) is 4.15. The summed E-state index contributed by atoms with van der Waals surface area (Å²) >= 11 is 6.01. The van der Waals surface area contributed by atoms with E-state index in [1.807, 2.05) is 30.5 Å². The fraction of sp³-hybridized carbons (Fsp3) is 0.385. The van der Waals surface area contributed by atoms with E-state index in [1.165, 1.54) is 6.42 Å². The minimum Gasteiger partial charge on any atom is -0.348 e. The van der Waals surface area contributed by atoms with Crippen LogP contribution in [0.25, 0.3) is 10.9 Å². The van der Waals surface area contributed by atoms with Crippen molar-refractivity contribution in [3.8, 4) is 0 Å². The number of nitrogens with one attached hydrogen (secondary N) is 1. The number of anilines is 1. The molecule has 0 aliphatic heterocycles. The molecule has 1 N–H and O–H groups in total. The van der Waals surface area contributed by atoms with Gasteiger partial charge in [-0.3, -0.25) is 0 Å². The van der Waals surface area contributed by atoms with Crippen molar-refractivity contribution in [1.29, 1.82) is 0 Å². The molecule has 1 heterocycles. The van der Waals surface area contributed by atoms with E-state index in [0.29, 0.717) is 11.8 Å². The maximum absolute atomic E-state index is 6.01. The van der Waals surface area contributed by atoms with Crippen LogP contribution in [0, 0.1) is 0 Å². The highest BCUT2D eigenvalue weighted by Gasteiger charge is 2.36. The van der Waals surface area contributed by atoms with Gasteiger partial charge in [0.05, 0.1) is 11.1 Å². The van der Waals surface area contributed by atoms with Gasteiger partial charge in [0.25, 0.3) is 0 Å². The lowest BCUT2D eigenvalue weighted by Crippen LogP contribution is -2.47. The van der Waals surface area contributed by atoms with Crippen LogP contribution in [0.2, 0.25) is 0 Å². The molecule has 0 radical (unpaired) electrons. The van der Waals surface area contributed by atoms with Crippen LogP contribution in [0.15, 0.2) is 30.5 Å². The molecule has 1 aliphatic rings. The fourth-order valence-electron chi connectivity index (χ4n) is 2.17. The van der Waals surface area contributed by atoms with Gasteiger partial charge in [-0.05, 0) is 25.3 Å². The number of alkyl halides is 1. The summed E-state index contributed by atoms with van der Waals surface area (Å²) in [6, 6.07) is 7.99. The monoisotopic (exact) mass is 247 g/mol. The van der Waals surface area contributed by atoms with Crippen molar-refractivity contribution >= 4 is 28.5 Å². The third kappa shape index (κ3) is 1.95. The Morgan fingerprint density at radius 1 is 1.29 bits per heavy atom. The van der Waals surface area contributed by atoms with Gasteiger partial charge < -0.3 is 5.32 Å². The second-order valence-electron chi connectivity index (χ2n) is 4.64. The molecule has 1 fully saturated rings. The summed E-state index contributed by atoms with van der Waals surface area (Å²) in [5.74, 6) is 1.30. The van der Waals surface area contributed by atoms with Gasteiger partial charge in [0, 0.05) is 17.5 Å². The smallest absolute Gasteiger partial charge is 0.223 e. The van der Waals surface area contributed by atoms with Crippen molar-refractivity contribution in [3.05, 3.63) is 30.5 Å². The van der Waals surface area contributed by atoms with Crippen LogP contribution in [0.4, 0.5) is 5.95 Å². The number of hydrogen-bond donors (Lipinski definition) is 1. The molecule has 0 unspecified atom stereocenters. The first-order valence-corrected chi connectivity index (χ1v) is 6.41. The zero-order chi connectivity index (χ0) is 11.7. The number of nitrogens with zero attached hydrogens (tertiary/aromatic N) is 2. The van der Waals surface area contributed by atoms with E-state index in [1.54, 1.807) is 0 Å². The predicted octanol–water partition coefficient (Wildman–Crippen LogP) is 3.20. The second-order valence-corrected chi connectivity index (χ2v) is 4.91. The average Bonchev–Trinajstić information content (AvgIpc) is 2.34. The van der Waals surface area contributed by atoms with Crippen LogP contribution in [0.3, 0.4) is 0 Å². The highest BCUT2D eigenvalue weighted by molar-refractivity contribution is 6.19. The molecule has 2 aromatic rings. The first kappa shape index (κ1) is 10.8. The molecule has 0 atom stereocenters. The van der Waals surface area contributed by atoms with Crippen LogP contribution in [0.1, 0.15) is 19.3 Å². The fourth-order valence-corrected chi connectivity index (χ4v) is 2.50. The number of halogens is 1. The normalized spacial score (nSPS) is 17.7. The van der Waals surface area contributed by atoms with E-state index in [2.05, 4.69) is 15.3 Å². The molecule has 0 bridgehead atoms. The van der Waals surface area contributed by atoms with Crippen LogP contribution in [0.5, 0.6) is 0 Å². The molecule has 0 saturated heterocycles. The van der Waals surface area contributed by atoms with Gasteiger partial charge in [-0.2, -0.15) is 0 Å². The molecule has 1 aromatic carbocycles. The van der Waals surface area contributed by atoms with E-state index in [9.17, 15) is 0 Å². The van der Waals surface area contributed by atoms with Gasteiger partial charge in [0.15, 0.2) is 0 Å². The maximum atomic E-state index is 6.01. The summed E-state index contributed by atoms with van der Waals surface area (Å²) < 4.78 is 0. The van der Waals surface area contributed by atoms with E-state index < -0.39 is 0 Å². The van der Waals surface area contributed by atoms with Crippen molar-refractivity contribution in [2.24, 2.45) is 0 Å². The zero-order valence-electron chi connectivity index (χ0n) is 9.49. The van der Waals surface area contributed by atoms with Gasteiger partial charge in [0.1, 0.15) is 0 Å². The predicted molar refractivity (Wildman–Crippen MR) is 70.5 cm³/mol. The number of benzene rings is 1. The van der Waals surface area contributed by atoms with Gasteiger partial charge >= 0.3 is 0 Å². The molecule has 3 nitrogen and oxygen atoms in total. The third-order valence-corrected chi connectivity index (χ3v) is 3.94. The van der Waals surface area contributed by atoms with Crippen molar-refractivity contribution in [2.45, 2.75) is 24.8 Å². The summed E-state index contributed by atoms with van der Waals surface area (Å²) in [5, 5.41) is 4.44. The zero-order valence-corrected chi connectivity index (χ0v) is 10.2. The molecule has 1 aromatic heterocycles. The molecule has 17 heavy (non-hydrogen) atoms. The van der Waals surface area contributed by atoms with Crippen LogP contribution in [-0.2, 0) is 0 Å². The molecular formula is C13H14ClN3. The molecule has 4 heteroatoms. The number of hydrogen-bond acceptors (Lipinski definition) is 3. The van der Waals surface area contributed by atoms with E-state index >= 15 is 0 Å². The first-order chi connectivity index (χ1) is 8.31. The topological polar surface area (TPSA) is 37.8 Å². The van der Waals surface area contributed by atoms with Gasteiger partial charge in [-0.1, -0.05) is 18.2 Å². The first-order valence-electron chi connectivity index (χ1n) is 5.87. The Morgan fingerprint density at radius 2 is 2.12 bits per heavy atom. The van der Waals surface area contributed by atoms with Crippen LogP contribution < -0.4 is 5.32 Å². The standard InChI is InChI=1S/C13H14ClN3/c14-9-13(6-3-7-13)17-12-15-8-10-4-1-2-5-11(10)16-12/h1-2,4-5,8H,3,6-7,9H2,(H,15,16,17). The highest BCUT2D eigenvalue weighted by atomic mass is 35.5. The van der Waals surface area contributed by atoms with Crippen molar-refractivity contribution in [3.63, 3.8) is 0 Å². The largest absolute Gasteiger partial charge is 0.348 e. The van der Waals surface area contributed by atoms with E-state index in [4.69, 9.17) is 11.6 Å². The molecule has 1 aliphatic carbocycles. The summed E-state index contributed by atoms with van der Waals surface area (Å²) in [7, 11) is 0. The number of aromatic nitrogens is 2. The molecule has 0 spiro atoms. The Labute approximate surface area is 105 Å². The molecule has 1 saturated carbocycles. The molecule has 88 valence electrons. The number of para-hydroxylation sites is 1. The SMILES string of the molecule is ClCC1(Nc2ncc3ccccc3n2)CCC1. The van der Waals surface area contributed by atoms with Crippen LogP contribution in [-0.4, -0.2) is 21.4 Å². The lowest BCUT2D eigenvalue weighted by molar-refractivity contribution is 0.309. The Balaban J connectivity index is 1.90. The summed E-state index contributed by atoms with van der Waals surface area (Å²) in [5.41, 5.74) is 0.985. The van der Waals surface area contributed by atoms with Crippen molar-refractivity contribution in [1.82, 2.24) is 9.97 Å². The minimum absolute atomic E-state index is 0.0179. The average molecular weight is 248 g/mol. The number of rotatable bonds is 3. The maximum Gasteiger partial charge on any atom is 0.223 e. The van der Waals surface area contributed by atoms with Gasteiger partial charge in [-0.15, -0.1) is 11.6 Å². The van der Waals surface area contributed by atoms with Gasteiger partial charge in [-0.25, -0.2) is 9.97 Å².